The third kappa shape index (κ3) is 2.26. The maximum Gasteiger partial charge on any atom is 0.236 e. The molecular weight excluding hydrogens is 223 g/mol. The van der Waals surface area contributed by atoms with Gasteiger partial charge in [-0.1, -0.05) is 29.8 Å². The summed E-state index contributed by atoms with van der Waals surface area (Å²) in [6, 6.07) is 7.72. The molecule has 0 aromatic heterocycles. The van der Waals surface area contributed by atoms with E-state index < -0.39 is 8.32 Å². The highest BCUT2D eigenvalue weighted by atomic mass is 35.5. The van der Waals surface area contributed by atoms with E-state index in [1.165, 1.54) is 0 Å². The fourth-order valence-corrected chi connectivity index (χ4v) is 4.13. The highest BCUT2D eigenvalue weighted by molar-refractivity contribution is 6.91. The van der Waals surface area contributed by atoms with Crippen LogP contribution >= 0.6 is 23.2 Å². The average Bonchev–Trinajstić information content (AvgIpc) is 2.17. The second-order valence-electron chi connectivity index (χ2n) is 3.05. The van der Waals surface area contributed by atoms with Crippen LogP contribution in [0.1, 0.15) is 0 Å². The van der Waals surface area contributed by atoms with Gasteiger partial charge in [0.25, 0.3) is 0 Å². The fourth-order valence-electron chi connectivity index (χ4n) is 1.13. The summed E-state index contributed by atoms with van der Waals surface area (Å²) in [4.78, 5) is 0. The summed E-state index contributed by atoms with van der Waals surface area (Å²) in [7, 11) is -0.292. The minimum absolute atomic E-state index is 0.521. The molecule has 1 nitrogen and oxygen atoms in total. The van der Waals surface area contributed by atoms with E-state index in [1.807, 2.05) is 24.3 Å². The van der Waals surface area contributed by atoms with Crippen molar-refractivity contribution in [3.05, 3.63) is 29.3 Å². The molecule has 0 heterocycles. The van der Waals surface area contributed by atoms with Gasteiger partial charge in [0.15, 0.2) is 0 Å². The summed E-state index contributed by atoms with van der Waals surface area (Å²) >= 11 is 12.0. The fraction of sp³-hybridized carbons (Fsp3) is 0.333. The Bertz CT molecular complexity index is 287. The van der Waals surface area contributed by atoms with Crippen molar-refractivity contribution < 1.29 is 4.43 Å². The lowest BCUT2D eigenvalue weighted by molar-refractivity contribution is 0.415. The Labute approximate surface area is 89.8 Å². The van der Waals surface area contributed by atoms with Crippen LogP contribution in [0.4, 0.5) is 0 Å². The average molecular weight is 235 g/mol. The zero-order chi connectivity index (χ0) is 9.90. The van der Waals surface area contributed by atoms with Crippen molar-refractivity contribution in [1.82, 2.24) is 0 Å². The van der Waals surface area contributed by atoms with Crippen molar-refractivity contribution in [2.24, 2.45) is 0 Å². The molecule has 0 aliphatic carbocycles. The molecule has 4 heteroatoms. The summed E-state index contributed by atoms with van der Waals surface area (Å²) in [6.07, 6.45) is 0. The van der Waals surface area contributed by atoms with E-state index in [4.69, 9.17) is 27.6 Å². The Hall–Kier alpha value is -0.0231. The van der Waals surface area contributed by atoms with E-state index in [9.17, 15) is 0 Å². The summed E-state index contributed by atoms with van der Waals surface area (Å²) in [5.74, 6) is 0. The Morgan fingerprint density at radius 1 is 1.38 bits per heavy atom. The molecule has 0 saturated carbocycles. The normalized spacial score (nSPS) is 15.4. The Kier molecular flexibility index (Phi) is 3.80. The molecule has 0 aliphatic heterocycles. The van der Waals surface area contributed by atoms with Crippen molar-refractivity contribution >= 4 is 36.7 Å². The standard InChI is InChI=1S/C9H12Cl2OSi/c1-12-13(2,7-10)9-6-4-3-5-8(9)11/h3-6H,7H2,1-2H3. The van der Waals surface area contributed by atoms with Gasteiger partial charge in [0.05, 0.1) is 0 Å². The van der Waals surface area contributed by atoms with Crippen molar-refractivity contribution in [2.75, 3.05) is 12.6 Å². The van der Waals surface area contributed by atoms with Gasteiger partial charge in [-0.3, -0.25) is 0 Å². The van der Waals surface area contributed by atoms with Crippen LogP contribution in [0.5, 0.6) is 0 Å². The van der Waals surface area contributed by atoms with Crippen molar-refractivity contribution in [3.8, 4) is 0 Å². The molecule has 0 aliphatic rings. The molecule has 1 rings (SSSR count). The third-order valence-electron chi connectivity index (χ3n) is 2.15. The number of halogens is 2. The molecule has 1 aromatic carbocycles. The van der Waals surface area contributed by atoms with Gasteiger partial charge in [-0.25, -0.2) is 0 Å². The van der Waals surface area contributed by atoms with Crippen LogP contribution in [0.25, 0.3) is 0 Å². The summed E-state index contributed by atoms with van der Waals surface area (Å²) in [5.41, 5.74) is 0.521. The number of hydrogen-bond acceptors (Lipinski definition) is 1. The van der Waals surface area contributed by atoms with E-state index in [2.05, 4.69) is 6.55 Å². The van der Waals surface area contributed by atoms with Crippen LogP contribution in [0, 0.1) is 0 Å². The summed E-state index contributed by atoms with van der Waals surface area (Å²) in [5, 5.41) is 1.81. The molecule has 1 aromatic rings. The Balaban J connectivity index is 3.12. The molecule has 72 valence electrons. The monoisotopic (exact) mass is 234 g/mol. The molecule has 0 radical (unpaired) electrons. The van der Waals surface area contributed by atoms with Gasteiger partial charge in [0, 0.05) is 17.6 Å². The molecule has 13 heavy (non-hydrogen) atoms. The topological polar surface area (TPSA) is 9.23 Å². The first-order valence-corrected chi connectivity index (χ1v) is 7.53. The molecule has 0 N–H and O–H groups in total. The van der Waals surface area contributed by atoms with Crippen LogP contribution in [-0.4, -0.2) is 20.9 Å². The first-order valence-electron chi connectivity index (χ1n) is 4.00. The Morgan fingerprint density at radius 3 is 2.46 bits per heavy atom. The number of alkyl halides is 1. The highest BCUT2D eigenvalue weighted by Gasteiger charge is 2.31. The molecule has 0 saturated heterocycles. The predicted octanol–water partition coefficient (Wildman–Crippen LogP) is 2.55. The number of hydrogen-bond donors (Lipinski definition) is 0. The first-order chi connectivity index (χ1) is 6.14. The highest BCUT2D eigenvalue weighted by Crippen LogP contribution is 2.13. The minimum Gasteiger partial charge on any atom is -0.415 e. The van der Waals surface area contributed by atoms with Crippen molar-refractivity contribution in [2.45, 2.75) is 6.55 Å². The van der Waals surface area contributed by atoms with Crippen LogP contribution in [0.3, 0.4) is 0 Å². The summed E-state index contributed by atoms with van der Waals surface area (Å²) < 4.78 is 5.48. The van der Waals surface area contributed by atoms with Gasteiger partial charge < -0.3 is 4.43 Å². The second-order valence-corrected chi connectivity index (χ2v) is 7.93. The second kappa shape index (κ2) is 4.47. The lowest BCUT2D eigenvalue weighted by Gasteiger charge is -2.23. The van der Waals surface area contributed by atoms with Gasteiger partial charge >= 0.3 is 0 Å². The van der Waals surface area contributed by atoms with E-state index >= 15 is 0 Å². The maximum absolute atomic E-state index is 6.06. The third-order valence-corrected chi connectivity index (χ3v) is 7.15. The number of rotatable bonds is 3. The molecule has 1 atom stereocenters. The zero-order valence-electron chi connectivity index (χ0n) is 7.68. The van der Waals surface area contributed by atoms with E-state index in [-0.39, 0.29) is 0 Å². The van der Waals surface area contributed by atoms with Gasteiger partial charge in [-0.05, 0) is 17.8 Å². The van der Waals surface area contributed by atoms with Crippen LogP contribution in [-0.2, 0) is 4.43 Å². The smallest absolute Gasteiger partial charge is 0.236 e. The molecular formula is C9H12Cl2OSi. The van der Waals surface area contributed by atoms with Gasteiger partial charge in [0.1, 0.15) is 0 Å². The molecule has 1 unspecified atom stereocenters. The van der Waals surface area contributed by atoms with Crippen molar-refractivity contribution in [1.29, 1.82) is 0 Å². The number of benzene rings is 1. The van der Waals surface area contributed by atoms with E-state index in [0.29, 0.717) is 5.50 Å². The molecule has 0 fully saturated rings. The van der Waals surface area contributed by atoms with E-state index in [0.717, 1.165) is 10.2 Å². The molecule has 0 amide bonds. The largest absolute Gasteiger partial charge is 0.415 e. The zero-order valence-corrected chi connectivity index (χ0v) is 10.2. The van der Waals surface area contributed by atoms with Gasteiger partial charge in [-0.15, -0.1) is 11.6 Å². The minimum atomic E-state index is -1.98. The van der Waals surface area contributed by atoms with Crippen LogP contribution in [0.15, 0.2) is 24.3 Å². The SMILES string of the molecule is CO[Si](C)(CCl)c1ccccc1Cl. The van der Waals surface area contributed by atoms with Crippen LogP contribution < -0.4 is 5.19 Å². The van der Waals surface area contributed by atoms with Crippen LogP contribution in [0.2, 0.25) is 11.6 Å². The lowest BCUT2D eigenvalue weighted by atomic mass is 10.4. The molecule has 0 spiro atoms. The lowest BCUT2D eigenvalue weighted by Crippen LogP contribution is -2.49. The van der Waals surface area contributed by atoms with E-state index in [1.54, 1.807) is 7.11 Å². The first kappa shape index (κ1) is 11.1. The quantitative estimate of drug-likeness (QED) is 0.578. The molecule has 0 bridgehead atoms. The van der Waals surface area contributed by atoms with Gasteiger partial charge in [0.2, 0.25) is 8.32 Å². The maximum atomic E-state index is 6.06. The van der Waals surface area contributed by atoms with Gasteiger partial charge in [-0.2, -0.15) is 0 Å². The predicted molar refractivity (Wildman–Crippen MR) is 60.4 cm³/mol. The van der Waals surface area contributed by atoms with Crippen molar-refractivity contribution in [3.63, 3.8) is 0 Å². The summed E-state index contributed by atoms with van der Waals surface area (Å²) in [6.45, 7) is 2.06. The Morgan fingerprint density at radius 2 is 2.00 bits per heavy atom.